The third-order valence-electron chi connectivity index (χ3n) is 5.39. The molecule has 3 aromatic heterocycles. The molecule has 4 aromatic rings. The van der Waals surface area contributed by atoms with Crippen LogP contribution in [0, 0.1) is 0 Å². The number of aromatic nitrogens is 2. The predicted molar refractivity (Wildman–Crippen MR) is 117 cm³/mol. The van der Waals surface area contributed by atoms with Crippen molar-refractivity contribution in [2.24, 2.45) is 0 Å². The minimum absolute atomic E-state index is 0.171. The zero-order chi connectivity index (χ0) is 20.0. The maximum atomic E-state index is 13.2. The standard InChI is InChI=1S/C21H19ClN4O2S/c22-16-8-7-13-18(27)17(20(28)23-9-12-25-10-3-4-11-25)21-26(19(13)24-16)14-5-1-2-6-15(14)29-21/h1-2,5-8H,3-4,9-12H2,(H,23,28). The van der Waals surface area contributed by atoms with E-state index in [4.69, 9.17) is 11.6 Å². The van der Waals surface area contributed by atoms with Gasteiger partial charge in [-0.3, -0.25) is 14.0 Å². The molecule has 29 heavy (non-hydrogen) atoms. The average molecular weight is 427 g/mol. The molecule has 0 aliphatic carbocycles. The second-order valence-corrected chi connectivity index (χ2v) is 8.64. The Morgan fingerprint density at radius 3 is 2.79 bits per heavy atom. The minimum atomic E-state index is -0.338. The Morgan fingerprint density at radius 2 is 1.97 bits per heavy atom. The lowest BCUT2D eigenvalue weighted by Gasteiger charge is -2.15. The van der Waals surface area contributed by atoms with Gasteiger partial charge in [-0.05, 0) is 50.2 Å². The molecule has 148 valence electrons. The molecule has 1 aliphatic heterocycles. The van der Waals surface area contributed by atoms with Gasteiger partial charge in [0.05, 0.1) is 15.6 Å². The number of amides is 1. The number of fused-ring (bicyclic) bond motifs is 5. The Kier molecular flexibility index (Phi) is 4.73. The van der Waals surface area contributed by atoms with Gasteiger partial charge in [-0.25, -0.2) is 4.98 Å². The van der Waals surface area contributed by atoms with Crippen LogP contribution in [0.15, 0.2) is 41.2 Å². The summed E-state index contributed by atoms with van der Waals surface area (Å²) in [5.74, 6) is -0.338. The zero-order valence-corrected chi connectivity index (χ0v) is 17.2. The van der Waals surface area contributed by atoms with Crippen molar-refractivity contribution < 1.29 is 4.79 Å². The molecule has 0 atom stereocenters. The van der Waals surface area contributed by atoms with E-state index in [0.29, 0.717) is 27.6 Å². The van der Waals surface area contributed by atoms with Crippen LogP contribution >= 0.6 is 22.9 Å². The zero-order valence-electron chi connectivity index (χ0n) is 15.7. The van der Waals surface area contributed by atoms with Crippen LogP contribution in [0.25, 0.3) is 26.1 Å². The first kappa shape index (κ1) is 18.5. The molecule has 4 heterocycles. The normalized spacial score (nSPS) is 14.9. The predicted octanol–water partition coefficient (Wildman–Crippen LogP) is 3.54. The van der Waals surface area contributed by atoms with Gasteiger partial charge in [0, 0.05) is 13.1 Å². The Labute approximate surface area is 175 Å². The number of carbonyl (C=O) groups is 1. The van der Waals surface area contributed by atoms with Gasteiger partial charge in [0.15, 0.2) is 5.65 Å². The van der Waals surface area contributed by atoms with Crippen LogP contribution in [0.5, 0.6) is 0 Å². The lowest BCUT2D eigenvalue weighted by molar-refractivity contribution is 0.0950. The van der Waals surface area contributed by atoms with Crippen molar-refractivity contribution in [2.75, 3.05) is 26.2 Å². The van der Waals surface area contributed by atoms with E-state index in [1.807, 2.05) is 28.7 Å². The molecule has 0 saturated carbocycles. The molecule has 0 bridgehead atoms. The third-order valence-corrected chi connectivity index (χ3v) is 6.75. The van der Waals surface area contributed by atoms with E-state index in [0.717, 1.165) is 29.9 Å². The van der Waals surface area contributed by atoms with Gasteiger partial charge >= 0.3 is 0 Å². The Hall–Kier alpha value is -2.48. The van der Waals surface area contributed by atoms with Crippen molar-refractivity contribution in [3.05, 3.63) is 57.3 Å². The molecule has 1 fully saturated rings. The van der Waals surface area contributed by atoms with Gasteiger partial charge in [-0.1, -0.05) is 23.7 Å². The van der Waals surface area contributed by atoms with Crippen LogP contribution in [0.3, 0.4) is 0 Å². The molecule has 0 unspecified atom stereocenters. The van der Waals surface area contributed by atoms with E-state index in [2.05, 4.69) is 15.2 Å². The summed E-state index contributed by atoms with van der Waals surface area (Å²) >= 11 is 7.53. The summed E-state index contributed by atoms with van der Waals surface area (Å²) in [6, 6.07) is 11.0. The average Bonchev–Trinajstić information content (AvgIpc) is 3.35. The number of nitrogens with one attached hydrogen (secondary N) is 1. The molecule has 0 spiro atoms. The number of thiazole rings is 1. The number of pyridine rings is 2. The molecular formula is C21H19ClN4O2S. The van der Waals surface area contributed by atoms with E-state index in [1.165, 1.54) is 24.2 Å². The first-order valence-electron chi connectivity index (χ1n) is 9.66. The highest BCUT2D eigenvalue weighted by molar-refractivity contribution is 7.24. The minimum Gasteiger partial charge on any atom is -0.351 e. The quantitative estimate of drug-likeness (QED) is 0.507. The van der Waals surface area contributed by atoms with Crippen molar-refractivity contribution >= 4 is 54.9 Å². The van der Waals surface area contributed by atoms with Gasteiger partial charge in [-0.2, -0.15) is 0 Å². The monoisotopic (exact) mass is 426 g/mol. The second-order valence-electron chi connectivity index (χ2n) is 7.22. The fraction of sp³-hybridized carbons (Fsp3) is 0.286. The summed E-state index contributed by atoms with van der Waals surface area (Å²) in [6.07, 6.45) is 2.41. The summed E-state index contributed by atoms with van der Waals surface area (Å²) in [5, 5.41) is 3.64. The number of hydrogen-bond donors (Lipinski definition) is 1. The molecule has 1 N–H and O–H groups in total. The number of carbonyl (C=O) groups excluding carboxylic acids is 1. The molecule has 1 amide bonds. The largest absolute Gasteiger partial charge is 0.351 e. The third kappa shape index (κ3) is 3.19. The molecule has 5 rings (SSSR count). The lowest BCUT2D eigenvalue weighted by Crippen LogP contribution is -2.35. The van der Waals surface area contributed by atoms with Crippen molar-refractivity contribution in [1.82, 2.24) is 19.6 Å². The van der Waals surface area contributed by atoms with Gasteiger partial charge < -0.3 is 10.2 Å². The number of nitrogens with zero attached hydrogens (tertiary/aromatic N) is 3. The van der Waals surface area contributed by atoms with Crippen LogP contribution in [-0.2, 0) is 0 Å². The number of likely N-dealkylation sites (tertiary alicyclic amines) is 1. The van der Waals surface area contributed by atoms with E-state index in [9.17, 15) is 9.59 Å². The Bertz CT molecular complexity index is 1310. The highest BCUT2D eigenvalue weighted by Gasteiger charge is 2.22. The summed E-state index contributed by atoms with van der Waals surface area (Å²) in [7, 11) is 0. The van der Waals surface area contributed by atoms with Crippen LogP contribution in [-0.4, -0.2) is 46.4 Å². The van der Waals surface area contributed by atoms with Crippen LogP contribution in [0.1, 0.15) is 23.2 Å². The van der Waals surface area contributed by atoms with E-state index >= 15 is 0 Å². The van der Waals surface area contributed by atoms with Gasteiger partial charge in [0.2, 0.25) is 5.43 Å². The van der Waals surface area contributed by atoms with E-state index in [1.54, 1.807) is 12.1 Å². The number of halogens is 1. The fourth-order valence-electron chi connectivity index (χ4n) is 3.99. The number of rotatable bonds is 4. The van der Waals surface area contributed by atoms with Gasteiger partial charge in [0.1, 0.15) is 15.5 Å². The molecule has 1 aromatic carbocycles. The second kappa shape index (κ2) is 7.40. The van der Waals surface area contributed by atoms with Gasteiger partial charge in [0.25, 0.3) is 5.91 Å². The van der Waals surface area contributed by atoms with E-state index < -0.39 is 0 Å². The highest BCUT2D eigenvalue weighted by Crippen LogP contribution is 2.30. The summed E-state index contributed by atoms with van der Waals surface area (Å²) in [5.41, 5.74) is 1.24. The fourth-order valence-corrected chi connectivity index (χ4v) is 5.31. The van der Waals surface area contributed by atoms with Crippen LogP contribution in [0.4, 0.5) is 0 Å². The summed E-state index contributed by atoms with van der Waals surface area (Å²) < 4.78 is 2.85. The molecule has 0 radical (unpaired) electrons. The van der Waals surface area contributed by atoms with Crippen molar-refractivity contribution in [2.45, 2.75) is 12.8 Å². The summed E-state index contributed by atoms with van der Waals surface area (Å²) in [4.78, 5) is 33.6. The highest BCUT2D eigenvalue weighted by atomic mass is 35.5. The lowest BCUT2D eigenvalue weighted by atomic mass is 10.1. The van der Waals surface area contributed by atoms with Crippen LogP contribution < -0.4 is 10.7 Å². The molecular weight excluding hydrogens is 408 g/mol. The first-order chi connectivity index (χ1) is 14.1. The molecule has 6 nitrogen and oxygen atoms in total. The molecule has 1 saturated heterocycles. The maximum Gasteiger partial charge on any atom is 0.258 e. The molecule has 8 heteroatoms. The van der Waals surface area contributed by atoms with E-state index in [-0.39, 0.29) is 16.9 Å². The van der Waals surface area contributed by atoms with Crippen LogP contribution in [0.2, 0.25) is 5.15 Å². The van der Waals surface area contributed by atoms with Crippen molar-refractivity contribution in [3.63, 3.8) is 0 Å². The molecule has 1 aliphatic rings. The maximum absolute atomic E-state index is 13.2. The SMILES string of the molecule is O=C(NCCN1CCCC1)c1c(=O)c2ccc(Cl)nc2n2c1sc1ccccc12. The van der Waals surface area contributed by atoms with Crippen molar-refractivity contribution in [3.8, 4) is 0 Å². The first-order valence-corrected chi connectivity index (χ1v) is 10.9. The Morgan fingerprint density at radius 1 is 1.17 bits per heavy atom. The Balaban J connectivity index is 1.65. The number of hydrogen-bond acceptors (Lipinski definition) is 5. The number of para-hydroxylation sites is 1. The smallest absolute Gasteiger partial charge is 0.258 e. The topological polar surface area (TPSA) is 66.7 Å². The summed E-state index contributed by atoms with van der Waals surface area (Å²) in [6.45, 7) is 3.46. The number of benzene rings is 1. The van der Waals surface area contributed by atoms with Crippen molar-refractivity contribution in [1.29, 1.82) is 0 Å². The van der Waals surface area contributed by atoms with Gasteiger partial charge in [-0.15, -0.1) is 11.3 Å².